The first-order valence-electron chi connectivity index (χ1n) is 10.5. The van der Waals surface area contributed by atoms with Crippen molar-refractivity contribution in [3.63, 3.8) is 0 Å². The lowest BCUT2D eigenvalue weighted by Crippen LogP contribution is -2.29. The van der Waals surface area contributed by atoms with E-state index in [9.17, 15) is 14.7 Å². The van der Waals surface area contributed by atoms with E-state index in [0.717, 1.165) is 11.3 Å². The van der Waals surface area contributed by atoms with Gasteiger partial charge in [0.05, 0.1) is 24.1 Å². The number of Topliss-reactive ketones (excluding diaryl/α,β-unsaturated/α-hetero) is 1. The molecule has 1 unspecified atom stereocenters. The summed E-state index contributed by atoms with van der Waals surface area (Å²) in [7, 11) is 1.92. The van der Waals surface area contributed by atoms with E-state index in [0.29, 0.717) is 40.9 Å². The van der Waals surface area contributed by atoms with Crippen molar-refractivity contribution in [1.82, 2.24) is 0 Å². The second-order valence-electron chi connectivity index (χ2n) is 8.07. The van der Waals surface area contributed by atoms with Gasteiger partial charge in [-0.25, -0.2) is 0 Å². The molecule has 0 bridgehead atoms. The summed E-state index contributed by atoms with van der Waals surface area (Å²) < 4.78 is 11.3. The number of nitrogens with zero attached hydrogens (tertiary/aromatic N) is 2. The van der Waals surface area contributed by atoms with E-state index in [1.165, 1.54) is 11.2 Å². The number of aryl methyl sites for hydroxylation is 1. The number of benzene rings is 2. The minimum Gasteiger partial charge on any atom is -0.507 e. The first-order chi connectivity index (χ1) is 15.9. The van der Waals surface area contributed by atoms with Crippen LogP contribution in [-0.4, -0.2) is 37.0 Å². The van der Waals surface area contributed by atoms with Crippen molar-refractivity contribution in [3.8, 4) is 5.75 Å². The summed E-state index contributed by atoms with van der Waals surface area (Å²) in [5.41, 5.74) is 2.42. The van der Waals surface area contributed by atoms with E-state index in [2.05, 4.69) is 0 Å². The molecule has 2 aliphatic heterocycles. The average molecular weight is 465 g/mol. The fraction of sp³-hybridized carbons (Fsp3) is 0.200. The molecule has 0 saturated carbocycles. The third kappa shape index (κ3) is 3.45. The van der Waals surface area contributed by atoms with E-state index in [1.807, 2.05) is 18.9 Å². The normalized spacial score (nSPS) is 19.5. The zero-order valence-electron chi connectivity index (χ0n) is 18.0. The minimum absolute atomic E-state index is 0.0500. The minimum atomic E-state index is -0.941. The van der Waals surface area contributed by atoms with Crippen molar-refractivity contribution in [2.24, 2.45) is 0 Å². The van der Waals surface area contributed by atoms with Gasteiger partial charge in [0, 0.05) is 23.3 Å². The average Bonchev–Trinajstić information content (AvgIpc) is 3.42. The summed E-state index contributed by atoms with van der Waals surface area (Å²) in [5.74, 6) is -0.801. The third-order valence-electron chi connectivity index (χ3n) is 6.02. The lowest BCUT2D eigenvalue weighted by atomic mass is 9.98. The Kier molecular flexibility index (Phi) is 5.13. The van der Waals surface area contributed by atoms with E-state index in [1.54, 1.807) is 48.5 Å². The van der Waals surface area contributed by atoms with Gasteiger partial charge in [-0.15, -0.1) is 0 Å². The molecule has 2 aromatic carbocycles. The van der Waals surface area contributed by atoms with Crippen molar-refractivity contribution in [2.75, 3.05) is 30.0 Å². The van der Waals surface area contributed by atoms with Crippen LogP contribution in [0.1, 0.15) is 22.9 Å². The molecule has 3 aromatic rings. The van der Waals surface area contributed by atoms with Gasteiger partial charge in [0.1, 0.15) is 29.9 Å². The number of halogens is 1. The second kappa shape index (κ2) is 8.01. The van der Waals surface area contributed by atoms with Gasteiger partial charge >= 0.3 is 0 Å². The highest BCUT2D eigenvalue weighted by Gasteiger charge is 2.48. The molecule has 0 aliphatic carbocycles. The van der Waals surface area contributed by atoms with E-state index >= 15 is 0 Å². The number of aliphatic hydroxyl groups is 1. The van der Waals surface area contributed by atoms with Crippen LogP contribution in [0, 0.1) is 6.92 Å². The monoisotopic (exact) mass is 464 g/mol. The van der Waals surface area contributed by atoms with Crippen molar-refractivity contribution in [3.05, 3.63) is 82.3 Å². The fourth-order valence-electron chi connectivity index (χ4n) is 4.20. The molecule has 168 valence electrons. The Balaban J connectivity index is 1.68. The highest BCUT2D eigenvalue weighted by atomic mass is 35.5. The van der Waals surface area contributed by atoms with Gasteiger partial charge in [-0.2, -0.15) is 0 Å². The van der Waals surface area contributed by atoms with E-state index in [-0.39, 0.29) is 11.3 Å². The molecular formula is C25H21ClN2O5. The number of carbonyl (C=O) groups excluding carboxylic acids is 2. The molecule has 8 heteroatoms. The van der Waals surface area contributed by atoms with Crippen LogP contribution in [0.4, 0.5) is 11.4 Å². The molecule has 1 saturated heterocycles. The topological polar surface area (TPSA) is 83.2 Å². The maximum Gasteiger partial charge on any atom is 0.300 e. The second-order valence-corrected chi connectivity index (χ2v) is 8.48. The summed E-state index contributed by atoms with van der Waals surface area (Å²) in [6, 6.07) is 12.7. The number of likely N-dealkylation sites (N-methyl/N-ethyl adjacent to an activating group) is 1. The molecule has 1 aromatic heterocycles. The Labute approximate surface area is 195 Å². The predicted octanol–water partition coefficient (Wildman–Crippen LogP) is 4.70. The summed E-state index contributed by atoms with van der Waals surface area (Å²) >= 11 is 6.30. The number of amides is 1. The van der Waals surface area contributed by atoms with Crippen LogP contribution in [0.25, 0.3) is 5.76 Å². The fourth-order valence-corrected chi connectivity index (χ4v) is 4.37. The van der Waals surface area contributed by atoms with Crippen LogP contribution in [-0.2, 0) is 9.59 Å². The Hall–Kier alpha value is -3.71. The Bertz CT molecular complexity index is 1300. The van der Waals surface area contributed by atoms with Crippen LogP contribution in [0.2, 0.25) is 5.02 Å². The number of anilines is 2. The first kappa shape index (κ1) is 21.2. The quantitative estimate of drug-likeness (QED) is 0.344. The highest BCUT2D eigenvalue weighted by molar-refractivity contribution is 6.51. The number of ketones is 1. The van der Waals surface area contributed by atoms with Gasteiger partial charge in [0.15, 0.2) is 0 Å². The molecule has 1 fully saturated rings. The van der Waals surface area contributed by atoms with Crippen molar-refractivity contribution >= 4 is 40.4 Å². The van der Waals surface area contributed by atoms with Crippen molar-refractivity contribution in [1.29, 1.82) is 0 Å². The van der Waals surface area contributed by atoms with Crippen LogP contribution >= 0.6 is 11.6 Å². The van der Waals surface area contributed by atoms with Gasteiger partial charge in [0.25, 0.3) is 11.7 Å². The number of furan rings is 1. The summed E-state index contributed by atoms with van der Waals surface area (Å²) in [6.07, 6.45) is 1.46. The molecule has 5 rings (SSSR count). The molecule has 0 spiro atoms. The molecule has 0 radical (unpaired) electrons. The number of rotatable bonds is 3. The molecule has 1 atom stereocenters. The molecule has 2 aliphatic rings. The number of carbonyl (C=O) groups is 2. The summed E-state index contributed by atoms with van der Waals surface area (Å²) in [4.78, 5) is 29.7. The molecule has 33 heavy (non-hydrogen) atoms. The van der Waals surface area contributed by atoms with Crippen LogP contribution in [0.3, 0.4) is 0 Å². The summed E-state index contributed by atoms with van der Waals surface area (Å²) in [5, 5.41) is 11.7. The Morgan fingerprint density at radius 3 is 2.70 bits per heavy atom. The third-order valence-corrected chi connectivity index (χ3v) is 6.43. The zero-order chi connectivity index (χ0) is 23.3. The lowest BCUT2D eigenvalue weighted by molar-refractivity contribution is -0.132. The molecule has 7 nitrogen and oxygen atoms in total. The molecule has 1 N–H and O–H groups in total. The van der Waals surface area contributed by atoms with Crippen molar-refractivity contribution < 1.29 is 23.8 Å². The predicted molar refractivity (Wildman–Crippen MR) is 125 cm³/mol. The highest BCUT2D eigenvalue weighted by Crippen LogP contribution is 2.44. The van der Waals surface area contributed by atoms with Crippen molar-refractivity contribution in [2.45, 2.75) is 13.0 Å². The van der Waals surface area contributed by atoms with Crippen LogP contribution in [0.5, 0.6) is 5.75 Å². The van der Waals surface area contributed by atoms with E-state index in [4.69, 9.17) is 20.8 Å². The van der Waals surface area contributed by atoms with Gasteiger partial charge < -0.3 is 19.2 Å². The van der Waals surface area contributed by atoms with Gasteiger partial charge in [-0.05, 0) is 55.0 Å². The largest absolute Gasteiger partial charge is 0.507 e. The first-order valence-corrected chi connectivity index (χ1v) is 10.8. The number of ether oxygens (including phenoxy) is 1. The van der Waals surface area contributed by atoms with Gasteiger partial charge in [0.2, 0.25) is 0 Å². The number of hydrogen-bond donors (Lipinski definition) is 1. The number of fused-ring (bicyclic) bond motifs is 1. The Morgan fingerprint density at radius 2 is 1.97 bits per heavy atom. The smallest absolute Gasteiger partial charge is 0.300 e. The van der Waals surface area contributed by atoms with Crippen LogP contribution < -0.4 is 14.5 Å². The Morgan fingerprint density at radius 1 is 1.15 bits per heavy atom. The standard InChI is InChI=1S/C25H21ClN2O5/c1-14-5-7-16(13-17(14)26)28-22(20-4-3-10-32-20)21(24(30)25(28)31)23(29)15-6-8-19-18(12-15)27(2)9-11-33-19/h3-8,10,12-13,22,29H,9,11H2,1-2H3/b23-21-. The zero-order valence-corrected chi connectivity index (χ0v) is 18.8. The van der Waals surface area contributed by atoms with Gasteiger partial charge in [-0.3, -0.25) is 14.5 Å². The maximum absolute atomic E-state index is 13.2. The van der Waals surface area contributed by atoms with Gasteiger partial charge in [-0.1, -0.05) is 17.7 Å². The number of hydrogen-bond acceptors (Lipinski definition) is 6. The van der Waals surface area contributed by atoms with E-state index < -0.39 is 17.7 Å². The molecule has 1 amide bonds. The molecule has 3 heterocycles. The SMILES string of the molecule is Cc1ccc(N2C(=O)C(=O)/C(=C(\O)c3ccc4c(c3)N(C)CCO4)C2c2ccco2)cc1Cl. The van der Waals surface area contributed by atoms with Crippen LogP contribution in [0.15, 0.2) is 64.8 Å². The maximum atomic E-state index is 13.2. The number of aliphatic hydroxyl groups excluding tert-OH is 1. The summed E-state index contributed by atoms with van der Waals surface area (Å²) in [6.45, 7) is 3.11. The lowest BCUT2D eigenvalue weighted by Gasteiger charge is -2.28. The molecular weight excluding hydrogens is 444 g/mol.